The van der Waals surface area contributed by atoms with Crippen LogP contribution in [0.4, 0.5) is 17.1 Å². The van der Waals surface area contributed by atoms with E-state index in [9.17, 15) is 14.9 Å². The number of piperidine rings is 1. The molecule has 7 nitrogen and oxygen atoms in total. The minimum atomic E-state index is -0.488. The van der Waals surface area contributed by atoms with Crippen molar-refractivity contribution in [2.75, 3.05) is 29.9 Å². The standard InChI is InChI=1S/C19H20ClN3O4/c20-16-5-4-6-17(19(16)22-11-2-1-3-12-22)21-18(24)13-27-15-9-7-14(8-10-15)23(25)26/h4-10H,1-3,11-13H2,(H,21,24). The summed E-state index contributed by atoms with van der Waals surface area (Å²) in [6.45, 7) is 1.61. The number of hydrogen-bond acceptors (Lipinski definition) is 5. The van der Waals surface area contributed by atoms with E-state index in [-0.39, 0.29) is 18.2 Å². The maximum atomic E-state index is 12.3. The number of nitro benzene ring substituents is 1. The molecule has 0 radical (unpaired) electrons. The smallest absolute Gasteiger partial charge is 0.269 e. The molecule has 0 aliphatic carbocycles. The molecule has 2 aromatic carbocycles. The Balaban J connectivity index is 1.63. The predicted octanol–water partition coefficient (Wildman–Crippen LogP) is 4.26. The molecule has 1 N–H and O–H groups in total. The monoisotopic (exact) mass is 389 g/mol. The molecule has 0 saturated carbocycles. The molecule has 1 aliphatic rings. The fraction of sp³-hybridized carbons (Fsp3) is 0.316. The number of non-ortho nitro benzene ring substituents is 1. The molecule has 27 heavy (non-hydrogen) atoms. The number of hydrogen-bond donors (Lipinski definition) is 1. The molecule has 1 fully saturated rings. The van der Waals surface area contributed by atoms with Crippen molar-refractivity contribution < 1.29 is 14.5 Å². The van der Waals surface area contributed by atoms with Gasteiger partial charge in [0.05, 0.1) is 21.3 Å². The van der Waals surface area contributed by atoms with Gasteiger partial charge in [-0.3, -0.25) is 14.9 Å². The SMILES string of the molecule is O=C(COc1ccc([N+](=O)[O-])cc1)Nc1cccc(Cl)c1N1CCCCC1. The molecule has 0 aromatic heterocycles. The van der Waals surface area contributed by atoms with Crippen LogP contribution in [0.1, 0.15) is 19.3 Å². The van der Waals surface area contributed by atoms with Crippen LogP contribution < -0.4 is 15.0 Å². The second kappa shape index (κ2) is 8.73. The first-order chi connectivity index (χ1) is 13.0. The van der Waals surface area contributed by atoms with E-state index < -0.39 is 4.92 Å². The van der Waals surface area contributed by atoms with Gasteiger partial charge in [-0.1, -0.05) is 17.7 Å². The lowest BCUT2D eigenvalue weighted by molar-refractivity contribution is -0.384. The Hall–Kier alpha value is -2.80. The quantitative estimate of drug-likeness (QED) is 0.589. The number of ether oxygens (including phenoxy) is 1. The Morgan fingerprint density at radius 1 is 1.15 bits per heavy atom. The van der Waals surface area contributed by atoms with Crippen molar-refractivity contribution in [1.29, 1.82) is 0 Å². The van der Waals surface area contributed by atoms with Crippen LogP contribution in [0.2, 0.25) is 5.02 Å². The van der Waals surface area contributed by atoms with Gasteiger partial charge in [0, 0.05) is 25.2 Å². The molecule has 1 amide bonds. The second-order valence-corrected chi connectivity index (χ2v) is 6.68. The maximum absolute atomic E-state index is 12.3. The first-order valence-electron chi connectivity index (χ1n) is 8.75. The summed E-state index contributed by atoms with van der Waals surface area (Å²) < 4.78 is 5.41. The minimum Gasteiger partial charge on any atom is -0.484 e. The lowest BCUT2D eigenvalue weighted by atomic mass is 10.1. The Morgan fingerprint density at radius 2 is 1.85 bits per heavy atom. The highest BCUT2D eigenvalue weighted by Gasteiger charge is 2.19. The lowest BCUT2D eigenvalue weighted by Gasteiger charge is -2.31. The molecule has 1 aliphatic heterocycles. The average molecular weight is 390 g/mol. The zero-order valence-electron chi connectivity index (χ0n) is 14.7. The van der Waals surface area contributed by atoms with Gasteiger partial charge in [-0.2, -0.15) is 0 Å². The van der Waals surface area contributed by atoms with E-state index in [1.165, 1.54) is 30.7 Å². The van der Waals surface area contributed by atoms with Gasteiger partial charge in [-0.25, -0.2) is 0 Å². The maximum Gasteiger partial charge on any atom is 0.269 e. The van der Waals surface area contributed by atoms with E-state index in [2.05, 4.69) is 10.2 Å². The van der Waals surface area contributed by atoms with Gasteiger partial charge in [-0.05, 0) is 43.5 Å². The first kappa shape index (κ1) is 19.0. The van der Waals surface area contributed by atoms with Crippen molar-refractivity contribution in [2.24, 2.45) is 0 Å². The summed E-state index contributed by atoms with van der Waals surface area (Å²) in [6, 6.07) is 11.0. The Kier molecular flexibility index (Phi) is 6.13. The molecular weight excluding hydrogens is 370 g/mol. The summed E-state index contributed by atoms with van der Waals surface area (Å²) in [5.41, 5.74) is 1.46. The second-order valence-electron chi connectivity index (χ2n) is 6.27. The molecule has 2 aromatic rings. The molecule has 142 valence electrons. The third-order valence-electron chi connectivity index (χ3n) is 4.35. The molecule has 0 unspecified atom stereocenters. The van der Waals surface area contributed by atoms with Crippen LogP contribution in [-0.4, -0.2) is 30.5 Å². The number of rotatable bonds is 6. The van der Waals surface area contributed by atoms with Crippen molar-refractivity contribution in [3.05, 3.63) is 57.6 Å². The topological polar surface area (TPSA) is 84.7 Å². The average Bonchev–Trinajstić information content (AvgIpc) is 2.67. The molecule has 3 rings (SSSR count). The van der Waals surface area contributed by atoms with Gasteiger partial charge in [0.25, 0.3) is 11.6 Å². The highest BCUT2D eigenvalue weighted by Crippen LogP contribution is 2.35. The molecule has 1 heterocycles. The van der Waals surface area contributed by atoms with E-state index in [0.29, 0.717) is 16.5 Å². The van der Waals surface area contributed by atoms with Crippen LogP contribution in [-0.2, 0) is 4.79 Å². The number of benzene rings is 2. The third kappa shape index (κ3) is 4.89. The highest BCUT2D eigenvalue weighted by atomic mass is 35.5. The van der Waals surface area contributed by atoms with Gasteiger partial charge >= 0.3 is 0 Å². The number of para-hydroxylation sites is 1. The van der Waals surface area contributed by atoms with E-state index in [4.69, 9.17) is 16.3 Å². The normalized spacial score (nSPS) is 13.9. The van der Waals surface area contributed by atoms with Gasteiger partial charge in [0.15, 0.2) is 6.61 Å². The zero-order valence-corrected chi connectivity index (χ0v) is 15.4. The Morgan fingerprint density at radius 3 is 2.52 bits per heavy atom. The number of amides is 1. The number of carbonyl (C=O) groups excluding carboxylic acids is 1. The van der Waals surface area contributed by atoms with Crippen molar-refractivity contribution >= 4 is 34.6 Å². The summed E-state index contributed by atoms with van der Waals surface area (Å²) in [4.78, 5) is 24.7. The van der Waals surface area contributed by atoms with E-state index >= 15 is 0 Å². The van der Waals surface area contributed by atoms with Crippen LogP contribution in [0.3, 0.4) is 0 Å². The number of anilines is 2. The largest absolute Gasteiger partial charge is 0.484 e. The molecule has 8 heteroatoms. The molecule has 0 spiro atoms. The summed E-state index contributed by atoms with van der Waals surface area (Å²) in [6.07, 6.45) is 3.40. The summed E-state index contributed by atoms with van der Waals surface area (Å²) in [5.74, 6) is 0.0620. The van der Waals surface area contributed by atoms with Gasteiger partial charge in [0.1, 0.15) is 5.75 Å². The third-order valence-corrected chi connectivity index (χ3v) is 4.66. The highest BCUT2D eigenvalue weighted by molar-refractivity contribution is 6.34. The van der Waals surface area contributed by atoms with Gasteiger partial charge in [-0.15, -0.1) is 0 Å². The molecule has 0 bridgehead atoms. The van der Waals surface area contributed by atoms with Crippen molar-refractivity contribution in [3.63, 3.8) is 0 Å². The van der Waals surface area contributed by atoms with Crippen LogP contribution in [0.5, 0.6) is 5.75 Å². The molecule has 0 atom stereocenters. The number of carbonyl (C=O) groups is 1. The molecular formula is C19H20ClN3O4. The number of nitrogens with zero attached hydrogens (tertiary/aromatic N) is 2. The summed E-state index contributed by atoms with van der Waals surface area (Å²) in [5, 5.41) is 14.1. The first-order valence-corrected chi connectivity index (χ1v) is 9.13. The predicted molar refractivity (Wildman–Crippen MR) is 105 cm³/mol. The van der Waals surface area contributed by atoms with E-state index in [1.54, 1.807) is 6.07 Å². The Labute approximate surface area is 162 Å². The minimum absolute atomic E-state index is 0.0306. The van der Waals surface area contributed by atoms with Crippen molar-refractivity contribution in [2.45, 2.75) is 19.3 Å². The summed E-state index contributed by atoms with van der Waals surface area (Å²) >= 11 is 6.38. The van der Waals surface area contributed by atoms with Crippen LogP contribution in [0, 0.1) is 10.1 Å². The number of nitro groups is 1. The van der Waals surface area contributed by atoms with E-state index in [1.807, 2.05) is 12.1 Å². The van der Waals surface area contributed by atoms with Crippen LogP contribution >= 0.6 is 11.6 Å². The lowest BCUT2D eigenvalue weighted by Crippen LogP contribution is -2.31. The number of nitrogens with one attached hydrogen (secondary N) is 1. The van der Waals surface area contributed by atoms with Crippen molar-refractivity contribution in [3.8, 4) is 5.75 Å². The van der Waals surface area contributed by atoms with Gasteiger partial charge in [0.2, 0.25) is 0 Å². The summed E-state index contributed by atoms with van der Waals surface area (Å²) in [7, 11) is 0. The van der Waals surface area contributed by atoms with Gasteiger partial charge < -0.3 is 15.0 Å². The number of halogens is 1. The fourth-order valence-electron chi connectivity index (χ4n) is 3.05. The Bertz CT molecular complexity index is 820. The fourth-order valence-corrected chi connectivity index (χ4v) is 3.35. The van der Waals surface area contributed by atoms with Crippen LogP contribution in [0.25, 0.3) is 0 Å². The molecule has 1 saturated heterocycles. The van der Waals surface area contributed by atoms with Crippen molar-refractivity contribution in [1.82, 2.24) is 0 Å². The van der Waals surface area contributed by atoms with E-state index in [0.717, 1.165) is 31.6 Å². The zero-order chi connectivity index (χ0) is 19.2. The van der Waals surface area contributed by atoms with Crippen LogP contribution in [0.15, 0.2) is 42.5 Å².